The zero-order valence-electron chi connectivity index (χ0n) is 10.6. The second-order valence-corrected chi connectivity index (χ2v) is 5.54. The molecule has 3 rings (SSSR count). The van der Waals surface area contributed by atoms with Gasteiger partial charge in [-0.25, -0.2) is 9.78 Å². The van der Waals surface area contributed by atoms with Gasteiger partial charge in [-0.3, -0.25) is 0 Å². The SMILES string of the molecule is CN1C2CCCC1CC(n1cnc(C(=O)O)c1)C2. The molecule has 18 heavy (non-hydrogen) atoms. The number of aromatic carboxylic acids is 1. The third-order valence-electron chi connectivity index (χ3n) is 4.56. The van der Waals surface area contributed by atoms with Crippen molar-refractivity contribution in [1.29, 1.82) is 0 Å². The Balaban J connectivity index is 1.78. The van der Waals surface area contributed by atoms with Crippen molar-refractivity contribution in [3.05, 3.63) is 18.2 Å². The number of hydrogen-bond acceptors (Lipinski definition) is 3. The number of rotatable bonds is 2. The minimum atomic E-state index is -0.943. The van der Waals surface area contributed by atoms with Crippen molar-refractivity contribution >= 4 is 5.97 Å². The second-order valence-electron chi connectivity index (χ2n) is 5.54. The van der Waals surface area contributed by atoms with E-state index >= 15 is 0 Å². The highest BCUT2D eigenvalue weighted by molar-refractivity contribution is 5.84. The van der Waals surface area contributed by atoms with Gasteiger partial charge in [0, 0.05) is 24.3 Å². The lowest BCUT2D eigenvalue weighted by atomic mass is 9.82. The molecule has 5 heteroatoms. The van der Waals surface area contributed by atoms with Gasteiger partial charge in [-0.2, -0.15) is 0 Å². The first kappa shape index (κ1) is 11.7. The summed E-state index contributed by atoms with van der Waals surface area (Å²) >= 11 is 0. The smallest absolute Gasteiger partial charge is 0.356 e. The Morgan fingerprint density at radius 2 is 2.00 bits per heavy atom. The lowest BCUT2D eigenvalue weighted by molar-refractivity contribution is 0.0399. The molecule has 0 aromatic carbocycles. The molecule has 2 bridgehead atoms. The number of fused-ring (bicyclic) bond motifs is 2. The molecule has 5 nitrogen and oxygen atoms in total. The van der Waals surface area contributed by atoms with E-state index in [1.54, 1.807) is 12.5 Å². The van der Waals surface area contributed by atoms with Gasteiger partial charge in [0.25, 0.3) is 0 Å². The second kappa shape index (κ2) is 4.39. The van der Waals surface area contributed by atoms with Crippen LogP contribution in [-0.4, -0.2) is 44.7 Å². The fourth-order valence-corrected chi connectivity index (χ4v) is 3.48. The summed E-state index contributed by atoms with van der Waals surface area (Å²) < 4.78 is 2.00. The number of hydrogen-bond donors (Lipinski definition) is 1. The molecule has 1 aromatic heterocycles. The average molecular weight is 249 g/mol. The molecule has 0 amide bonds. The lowest BCUT2D eigenvalue weighted by Gasteiger charge is -2.47. The summed E-state index contributed by atoms with van der Waals surface area (Å²) in [4.78, 5) is 17.3. The van der Waals surface area contributed by atoms with Crippen molar-refractivity contribution in [1.82, 2.24) is 14.5 Å². The molecule has 1 aromatic rings. The summed E-state index contributed by atoms with van der Waals surface area (Å²) in [7, 11) is 2.22. The molecule has 0 aliphatic carbocycles. The maximum absolute atomic E-state index is 10.9. The van der Waals surface area contributed by atoms with Crippen LogP contribution in [-0.2, 0) is 0 Å². The highest BCUT2D eigenvalue weighted by Crippen LogP contribution is 2.38. The predicted molar refractivity (Wildman–Crippen MR) is 66.6 cm³/mol. The maximum Gasteiger partial charge on any atom is 0.356 e. The number of carboxylic acids is 1. The molecular formula is C13H19N3O2. The summed E-state index contributed by atoms with van der Waals surface area (Å²) in [5.41, 5.74) is 0.152. The summed E-state index contributed by atoms with van der Waals surface area (Å²) in [6.07, 6.45) is 9.44. The molecule has 2 unspecified atom stereocenters. The third-order valence-corrected chi connectivity index (χ3v) is 4.56. The van der Waals surface area contributed by atoms with Gasteiger partial charge in [0.15, 0.2) is 5.69 Å². The summed E-state index contributed by atoms with van der Waals surface area (Å²) in [5.74, 6) is -0.943. The van der Waals surface area contributed by atoms with E-state index in [1.165, 1.54) is 19.3 Å². The van der Waals surface area contributed by atoms with E-state index < -0.39 is 5.97 Å². The van der Waals surface area contributed by atoms with Crippen LogP contribution in [0.3, 0.4) is 0 Å². The normalized spacial score (nSPS) is 32.4. The Kier molecular flexibility index (Phi) is 2.86. The van der Waals surface area contributed by atoms with Crippen molar-refractivity contribution in [2.24, 2.45) is 0 Å². The Labute approximate surface area is 106 Å². The Morgan fingerprint density at radius 3 is 2.56 bits per heavy atom. The van der Waals surface area contributed by atoms with Gasteiger partial charge >= 0.3 is 5.97 Å². The number of aromatic nitrogens is 2. The van der Waals surface area contributed by atoms with E-state index in [9.17, 15) is 4.79 Å². The van der Waals surface area contributed by atoms with E-state index in [4.69, 9.17) is 5.11 Å². The molecule has 2 aliphatic heterocycles. The molecule has 0 spiro atoms. The number of carbonyl (C=O) groups is 1. The first-order valence-electron chi connectivity index (χ1n) is 6.64. The molecule has 0 radical (unpaired) electrons. The molecular weight excluding hydrogens is 230 g/mol. The van der Waals surface area contributed by atoms with Crippen LogP contribution in [0.4, 0.5) is 0 Å². The highest BCUT2D eigenvalue weighted by Gasteiger charge is 2.36. The summed E-state index contributed by atoms with van der Waals surface area (Å²) in [6.45, 7) is 0. The third kappa shape index (κ3) is 1.92. The van der Waals surface area contributed by atoms with Crippen molar-refractivity contribution in [2.75, 3.05) is 7.05 Å². The molecule has 1 N–H and O–H groups in total. The van der Waals surface area contributed by atoms with Crippen LogP contribution in [0.1, 0.15) is 48.6 Å². The topological polar surface area (TPSA) is 58.4 Å². The van der Waals surface area contributed by atoms with Crippen molar-refractivity contribution in [3.8, 4) is 0 Å². The molecule has 2 atom stereocenters. The van der Waals surface area contributed by atoms with E-state index in [0.717, 1.165) is 12.8 Å². The number of nitrogens with zero attached hydrogens (tertiary/aromatic N) is 3. The largest absolute Gasteiger partial charge is 0.476 e. The molecule has 2 fully saturated rings. The minimum absolute atomic E-state index is 0.152. The lowest BCUT2D eigenvalue weighted by Crippen LogP contribution is -2.49. The van der Waals surface area contributed by atoms with E-state index in [1.807, 2.05) is 4.57 Å². The summed E-state index contributed by atoms with van der Waals surface area (Å²) in [5, 5.41) is 8.92. The number of piperidine rings is 2. The van der Waals surface area contributed by atoms with E-state index in [-0.39, 0.29) is 5.69 Å². The molecule has 2 aliphatic rings. The van der Waals surface area contributed by atoms with Crippen molar-refractivity contribution in [3.63, 3.8) is 0 Å². The number of imidazole rings is 1. The van der Waals surface area contributed by atoms with Crippen LogP contribution in [0.25, 0.3) is 0 Å². The monoisotopic (exact) mass is 249 g/mol. The van der Waals surface area contributed by atoms with E-state index in [0.29, 0.717) is 18.1 Å². The highest BCUT2D eigenvalue weighted by atomic mass is 16.4. The summed E-state index contributed by atoms with van der Waals surface area (Å²) in [6, 6.07) is 1.72. The fraction of sp³-hybridized carbons (Fsp3) is 0.692. The number of carboxylic acid groups (broad SMARTS) is 1. The van der Waals surface area contributed by atoms with Crippen molar-refractivity contribution in [2.45, 2.75) is 50.2 Å². The van der Waals surface area contributed by atoms with Gasteiger partial charge in [-0.15, -0.1) is 0 Å². The maximum atomic E-state index is 10.9. The molecule has 0 saturated carbocycles. The Hall–Kier alpha value is -1.36. The van der Waals surface area contributed by atoms with Gasteiger partial charge < -0.3 is 14.6 Å². The first-order chi connectivity index (χ1) is 8.65. The fourth-order valence-electron chi connectivity index (χ4n) is 3.48. The standard InChI is InChI=1S/C13H19N3O2/c1-15-9-3-2-4-10(15)6-11(5-9)16-7-12(13(17)18)14-8-16/h7-11H,2-6H2,1H3,(H,17,18). The van der Waals surface area contributed by atoms with Gasteiger partial charge in [0.1, 0.15) is 0 Å². The predicted octanol–water partition coefficient (Wildman–Crippen LogP) is 1.77. The van der Waals surface area contributed by atoms with Crippen LogP contribution in [0.15, 0.2) is 12.5 Å². The van der Waals surface area contributed by atoms with Gasteiger partial charge in [-0.05, 0) is 32.7 Å². The Morgan fingerprint density at radius 1 is 1.33 bits per heavy atom. The van der Waals surface area contributed by atoms with Crippen LogP contribution in [0, 0.1) is 0 Å². The zero-order valence-corrected chi connectivity index (χ0v) is 10.6. The van der Waals surface area contributed by atoms with Crippen LogP contribution in [0.5, 0.6) is 0 Å². The van der Waals surface area contributed by atoms with Crippen LogP contribution in [0.2, 0.25) is 0 Å². The van der Waals surface area contributed by atoms with Gasteiger partial charge in [0.05, 0.1) is 6.33 Å². The van der Waals surface area contributed by atoms with Gasteiger partial charge in [-0.1, -0.05) is 6.42 Å². The molecule has 2 saturated heterocycles. The average Bonchev–Trinajstić information content (AvgIpc) is 2.77. The quantitative estimate of drug-likeness (QED) is 0.867. The zero-order chi connectivity index (χ0) is 12.7. The van der Waals surface area contributed by atoms with Crippen molar-refractivity contribution < 1.29 is 9.90 Å². The first-order valence-corrected chi connectivity index (χ1v) is 6.64. The Bertz CT molecular complexity index is 443. The minimum Gasteiger partial charge on any atom is -0.476 e. The molecule has 98 valence electrons. The van der Waals surface area contributed by atoms with E-state index in [2.05, 4.69) is 16.9 Å². The van der Waals surface area contributed by atoms with Gasteiger partial charge in [0.2, 0.25) is 0 Å². The van der Waals surface area contributed by atoms with Crippen LogP contribution < -0.4 is 0 Å². The van der Waals surface area contributed by atoms with Crippen LogP contribution >= 0.6 is 0 Å². The molecule has 3 heterocycles.